The van der Waals surface area contributed by atoms with Gasteiger partial charge in [0.2, 0.25) is 5.75 Å². The third-order valence-electron chi connectivity index (χ3n) is 4.35. The lowest BCUT2D eigenvalue weighted by Gasteiger charge is -2.33. The lowest BCUT2D eigenvalue weighted by atomic mass is 9.91. The molecule has 1 heterocycles. The number of ether oxygens (including phenoxy) is 2. The number of nitrogens with zero attached hydrogens (tertiary/aromatic N) is 2. The molecule has 8 nitrogen and oxygen atoms in total. The first-order valence-electron chi connectivity index (χ1n) is 7.91. The van der Waals surface area contributed by atoms with E-state index >= 15 is 0 Å². The van der Waals surface area contributed by atoms with Crippen LogP contribution in [0.5, 0.6) is 11.5 Å². The first kappa shape index (κ1) is 18.0. The molecular weight excluding hydrogens is 314 g/mol. The quantitative estimate of drug-likeness (QED) is 0.623. The Hall–Kier alpha value is -2.35. The summed E-state index contributed by atoms with van der Waals surface area (Å²) in [6, 6.07) is 4.31. The van der Waals surface area contributed by atoms with Gasteiger partial charge in [-0.3, -0.25) is 14.9 Å². The van der Waals surface area contributed by atoms with Crippen molar-refractivity contribution in [1.82, 2.24) is 4.90 Å². The Bertz CT molecular complexity index is 597. The maximum atomic E-state index is 12.2. The molecule has 2 N–H and O–H groups in total. The van der Waals surface area contributed by atoms with Crippen LogP contribution in [0.2, 0.25) is 0 Å². The molecule has 0 spiro atoms. The summed E-state index contributed by atoms with van der Waals surface area (Å²) in [5.41, 5.74) is 5.75. The van der Waals surface area contributed by atoms with Crippen LogP contribution in [0.15, 0.2) is 18.2 Å². The third-order valence-corrected chi connectivity index (χ3v) is 4.35. The maximum Gasteiger partial charge on any atom is 0.311 e. The zero-order chi connectivity index (χ0) is 17.7. The number of hydrogen-bond acceptors (Lipinski definition) is 6. The van der Waals surface area contributed by atoms with Crippen molar-refractivity contribution in [1.29, 1.82) is 0 Å². The summed E-state index contributed by atoms with van der Waals surface area (Å²) in [5.74, 6) is 0.809. The van der Waals surface area contributed by atoms with Crippen LogP contribution in [-0.2, 0) is 4.79 Å². The van der Waals surface area contributed by atoms with Gasteiger partial charge in [0, 0.05) is 31.3 Å². The fourth-order valence-corrected chi connectivity index (χ4v) is 2.81. The molecule has 0 radical (unpaired) electrons. The van der Waals surface area contributed by atoms with Gasteiger partial charge in [-0.05, 0) is 31.7 Å². The number of benzene rings is 1. The summed E-state index contributed by atoms with van der Waals surface area (Å²) in [4.78, 5) is 24.3. The number of methoxy groups -OCH3 is 1. The van der Waals surface area contributed by atoms with Crippen molar-refractivity contribution in [2.45, 2.75) is 25.8 Å². The molecule has 0 aliphatic carbocycles. The molecule has 1 atom stereocenters. The van der Waals surface area contributed by atoms with E-state index in [-0.39, 0.29) is 30.0 Å². The lowest BCUT2D eigenvalue weighted by Crippen LogP contribution is -2.44. The highest BCUT2D eigenvalue weighted by molar-refractivity contribution is 5.77. The van der Waals surface area contributed by atoms with Crippen molar-refractivity contribution in [3.63, 3.8) is 0 Å². The number of nitro groups is 1. The monoisotopic (exact) mass is 337 g/mol. The van der Waals surface area contributed by atoms with E-state index in [1.165, 1.54) is 25.3 Å². The van der Waals surface area contributed by atoms with Crippen LogP contribution in [0.1, 0.15) is 19.8 Å². The minimum absolute atomic E-state index is 0.0997. The first-order valence-corrected chi connectivity index (χ1v) is 7.91. The molecule has 132 valence electrons. The summed E-state index contributed by atoms with van der Waals surface area (Å²) >= 11 is 0. The van der Waals surface area contributed by atoms with E-state index in [4.69, 9.17) is 15.2 Å². The van der Waals surface area contributed by atoms with E-state index in [9.17, 15) is 14.9 Å². The molecule has 1 aromatic rings. The van der Waals surface area contributed by atoms with Gasteiger partial charge in [-0.25, -0.2) is 0 Å². The van der Waals surface area contributed by atoms with E-state index in [0.717, 1.165) is 12.8 Å². The van der Waals surface area contributed by atoms with Crippen LogP contribution in [0.3, 0.4) is 0 Å². The van der Waals surface area contributed by atoms with E-state index < -0.39 is 4.92 Å². The summed E-state index contributed by atoms with van der Waals surface area (Å²) in [5, 5.41) is 10.9. The molecule has 2 rings (SSSR count). The number of amides is 1. The number of hydrogen-bond donors (Lipinski definition) is 1. The predicted molar refractivity (Wildman–Crippen MR) is 88.1 cm³/mol. The average molecular weight is 337 g/mol. The van der Waals surface area contributed by atoms with Gasteiger partial charge in [0.25, 0.3) is 5.91 Å². The molecule has 1 aromatic carbocycles. The van der Waals surface area contributed by atoms with Gasteiger partial charge >= 0.3 is 5.69 Å². The standard InChI is InChI=1S/C16H23N3O5/c1-11(17)12-5-7-18(8-6-12)16(20)10-24-13-3-4-14(19(21)22)15(9-13)23-2/h3-4,9,11-12H,5-8,10,17H2,1-2H3. The Morgan fingerprint density at radius 2 is 2.12 bits per heavy atom. The van der Waals surface area contributed by atoms with Crippen LogP contribution in [0.25, 0.3) is 0 Å². The van der Waals surface area contributed by atoms with Gasteiger partial charge in [-0.1, -0.05) is 0 Å². The number of nitrogens with two attached hydrogens (primary N) is 1. The van der Waals surface area contributed by atoms with Crippen molar-refractivity contribution in [2.24, 2.45) is 11.7 Å². The highest BCUT2D eigenvalue weighted by atomic mass is 16.6. The van der Waals surface area contributed by atoms with Crippen molar-refractivity contribution >= 4 is 11.6 Å². The van der Waals surface area contributed by atoms with E-state index in [1.807, 2.05) is 6.92 Å². The number of nitro benzene ring substituents is 1. The number of likely N-dealkylation sites (tertiary alicyclic amines) is 1. The summed E-state index contributed by atoms with van der Waals surface area (Å²) in [6.07, 6.45) is 1.80. The number of rotatable bonds is 6. The molecule has 1 aliphatic rings. The molecule has 1 saturated heterocycles. The van der Waals surface area contributed by atoms with Crippen LogP contribution in [0.4, 0.5) is 5.69 Å². The fourth-order valence-electron chi connectivity index (χ4n) is 2.81. The Morgan fingerprint density at radius 1 is 1.46 bits per heavy atom. The molecule has 0 aromatic heterocycles. The zero-order valence-corrected chi connectivity index (χ0v) is 13.9. The molecule has 8 heteroatoms. The third kappa shape index (κ3) is 4.35. The van der Waals surface area contributed by atoms with Crippen molar-refractivity contribution in [3.8, 4) is 11.5 Å². The van der Waals surface area contributed by atoms with E-state index in [1.54, 1.807) is 4.90 Å². The first-order chi connectivity index (χ1) is 11.4. The molecular formula is C16H23N3O5. The highest BCUT2D eigenvalue weighted by Gasteiger charge is 2.25. The van der Waals surface area contributed by atoms with Gasteiger partial charge < -0.3 is 20.1 Å². The normalized spacial score (nSPS) is 16.5. The number of carbonyl (C=O) groups is 1. The van der Waals surface area contributed by atoms with Crippen molar-refractivity contribution < 1.29 is 19.2 Å². The molecule has 0 saturated carbocycles. The van der Waals surface area contributed by atoms with E-state index in [0.29, 0.717) is 24.8 Å². The Balaban J connectivity index is 1.89. The van der Waals surface area contributed by atoms with E-state index in [2.05, 4.69) is 0 Å². The Morgan fingerprint density at radius 3 is 2.67 bits per heavy atom. The van der Waals surface area contributed by atoms with Crippen LogP contribution >= 0.6 is 0 Å². The molecule has 1 fully saturated rings. The predicted octanol–water partition coefficient (Wildman–Crippen LogP) is 1.57. The maximum absolute atomic E-state index is 12.2. The van der Waals surface area contributed by atoms with Gasteiger partial charge in [0.15, 0.2) is 6.61 Å². The van der Waals surface area contributed by atoms with Crippen LogP contribution in [-0.4, -0.2) is 48.6 Å². The topological polar surface area (TPSA) is 108 Å². The summed E-state index contributed by atoms with van der Waals surface area (Å²) in [7, 11) is 1.35. The van der Waals surface area contributed by atoms with Gasteiger partial charge in [0.05, 0.1) is 12.0 Å². The van der Waals surface area contributed by atoms with Gasteiger partial charge in [-0.2, -0.15) is 0 Å². The Kier molecular flexibility index (Phi) is 5.97. The highest BCUT2D eigenvalue weighted by Crippen LogP contribution is 2.30. The summed E-state index contributed by atoms with van der Waals surface area (Å²) < 4.78 is 10.4. The second-order valence-corrected chi connectivity index (χ2v) is 5.96. The van der Waals surface area contributed by atoms with Crippen LogP contribution < -0.4 is 15.2 Å². The van der Waals surface area contributed by atoms with Crippen molar-refractivity contribution in [2.75, 3.05) is 26.8 Å². The number of piperidine rings is 1. The zero-order valence-electron chi connectivity index (χ0n) is 13.9. The average Bonchev–Trinajstić information content (AvgIpc) is 2.59. The second kappa shape index (κ2) is 7.96. The number of carbonyl (C=O) groups excluding carboxylic acids is 1. The molecule has 1 amide bonds. The fraction of sp³-hybridized carbons (Fsp3) is 0.562. The lowest BCUT2D eigenvalue weighted by molar-refractivity contribution is -0.385. The molecule has 1 unspecified atom stereocenters. The van der Waals surface area contributed by atoms with Crippen molar-refractivity contribution in [3.05, 3.63) is 28.3 Å². The minimum atomic E-state index is -0.531. The molecule has 24 heavy (non-hydrogen) atoms. The minimum Gasteiger partial charge on any atom is -0.490 e. The largest absolute Gasteiger partial charge is 0.490 e. The SMILES string of the molecule is COc1cc(OCC(=O)N2CCC(C(C)N)CC2)ccc1[N+](=O)[O-]. The van der Waals surface area contributed by atoms with Gasteiger partial charge in [-0.15, -0.1) is 0 Å². The Labute approximate surface area is 140 Å². The molecule has 0 bridgehead atoms. The van der Waals surface area contributed by atoms with Crippen LogP contribution in [0, 0.1) is 16.0 Å². The van der Waals surface area contributed by atoms with Gasteiger partial charge in [0.1, 0.15) is 5.75 Å². The molecule has 1 aliphatic heterocycles. The summed E-state index contributed by atoms with van der Waals surface area (Å²) in [6.45, 7) is 3.24. The second-order valence-electron chi connectivity index (χ2n) is 5.96. The smallest absolute Gasteiger partial charge is 0.311 e.